The van der Waals surface area contributed by atoms with Crippen molar-refractivity contribution in [3.05, 3.63) is 93.6 Å². The number of halogens is 1. The van der Waals surface area contributed by atoms with Gasteiger partial charge in [0.15, 0.2) is 17.2 Å². The highest BCUT2D eigenvalue weighted by atomic mass is 19.1. The molecule has 0 radical (unpaired) electrons. The third-order valence-electron chi connectivity index (χ3n) is 5.81. The van der Waals surface area contributed by atoms with Gasteiger partial charge in [0.1, 0.15) is 17.7 Å². The minimum absolute atomic E-state index is 0.280. The van der Waals surface area contributed by atoms with Crippen LogP contribution in [-0.4, -0.2) is 19.6 Å². The highest BCUT2D eigenvalue weighted by molar-refractivity contribution is 5.86. The molecule has 6 rings (SSSR count). The summed E-state index contributed by atoms with van der Waals surface area (Å²) in [7, 11) is 0. The van der Waals surface area contributed by atoms with Gasteiger partial charge in [-0.25, -0.2) is 23.7 Å². The van der Waals surface area contributed by atoms with Gasteiger partial charge in [0.2, 0.25) is 5.88 Å². The molecule has 4 heterocycles. The molecule has 164 valence electrons. The molecule has 33 heavy (non-hydrogen) atoms. The molecule has 0 N–H and O–H groups in total. The lowest BCUT2D eigenvalue weighted by Gasteiger charge is -2.27. The molecular formula is C25H19FN4O3. The predicted octanol–water partition coefficient (Wildman–Crippen LogP) is 4.95. The van der Waals surface area contributed by atoms with E-state index in [4.69, 9.17) is 14.1 Å². The lowest BCUT2D eigenvalue weighted by molar-refractivity contribution is 0.422. The monoisotopic (exact) mass is 442 g/mol. The minimum atomic E-state index is -0.700. The van der Waals surface area contributed by atoms with Gasteiger partial charge in [0.25, 0.3) is 0 Å². The largest absolute Gasteiger partial charge is 0.437 e. The molecule has 0 spiro atoms. The second-order valence-electron chi connectivity index (χ2n) is 9.14. The van der Waals surface area contributed by atoms with Gasteiger partial charge in [-0.3, -0.25) is 0 Å². The lowest BCUT2D eigenvalue weighted by atomic mass is 9.84. The van der Waals surface area contributed by atoms with Crippen molar-refractivity contribution < 1.29 is 13.5 Å². The Morgan fingerprint density at radius 1 is 1.06 bits per heavy atom. The van der Waals surface area contributed by atoms with Crippen LogP contribution < -0.4 is 10.4 Å². The van der Waals surface area contributed by atoms with E-state index >= 15 is 0 Å². The summed E-state index contributed by atoms with van der Waals surface area (Å²) in [6, 6.07) is 13.3. The summed E-state index contributed by atoms with van der Waals surface area (Å²) in [5, 5.41) is 5.21. The fourth-order valence-electron chi connectivity index (χ4n) is 4.27. The summed E-state index contributed by atoms with van der Waals surface area (Å²) in [5.41, 5.74) is 1.43. The van der Waals surface area contributed by atoms with Crippen LogP contribution in [-0.2, 0) is 5.41 Å². The highest BCUT2D eigenvalue weighted by Gasteiger charge is 2.38. The van der Waals surface area contributed by atoms with Crippen molar-refractivity contribution in [2.24, 2.45) is 0 Å². The molecule has 8 heteroatoms. The molecule has 0 amide bonds. The van der Waals surface area contributed by atoms with Crippen molar-refractivity contribution in [3.63, 3.8) is 0 Å². The maximum absolute atomic E-state index is 14.3. The third kappa shape index (κ3) is 2.94. The van der Waals surface area contributed by atoms with Gasteiger partial charge >= 0.3 is 5.63 Å². The Hall–Kier alpha value is -4.07. The first-order chi connectivity index (χ1) is 15.8. The Morgan fingerprint density at radius 2 is 1.88 bits per heavy atom. The first kappa shape index (κ1) is 19.6. The standard InChI is InChI=1S/C25H19FN4O3/c1-25(2,3)24-28-21-19-17(13-7-6-8-14(26)11-13)18-20(33-22(19)27-12-30(21)29-24)15-9-4-5-10-16(15)32-23(18)31/h4-12,17H,1-3H3. The Labute approximate surface area is 187 Å². The SMILES string of the molecule is CC(C)(C)c1nc2c3c(ncn2n1)Oc1c(c(=O)oc2ccccc12)C3c1cccc(F)c1. The smallest absolute Gasteiger partial charge is 0.344 e. The van der Waals surface area contributed by atoms with Gasteiger partial charge in [-0.1, -0.05) is 45.0 Å². The van der Waals surface area contributed by atoms with Crippen LogP contribution in [0.3, 0.4) is 0 Å². The molecule has 0 fully saturated rings. The molecule has 7 nitrogen and oxygen atoms in total. The van der Waals surface area contributed by atoms with Gasteiger partial charge in [0, 0.05) is 5.41 Å². The van der Waals surface area contributed by atoms with E-state index in [1.54, 1.807) is 28.8 Å². The van der Waals surface area contributed by atoms with Crippen LogP contribution in [0.4, 0.5) is 4.39 Å². The van der Waals surface area contributed by atoms with E-state index in [1.807, 2.05) is 32.9 Å². The molecule has 1 aliphatic rings. The van der Waals surface area contributed by atoms with Gasteiger partial charge < -0.3 is 9.15 Å². The normalized spacial score (nSPS) is 15.3. The molecule has 0 saturated heterocycles. The molecule has 0 saturated carbocycles. The molecule has 5 aromatic rings. The number of ether oxygens (including phenoxy) is 1. The second kappa shape index (κ2) is 6.71. The minimum Gasteiger partial charge on any atom is -0.437 e. The Balaban J connectivity index is 1.73. The van der Waals surface area contributed by atoms with E-state index < -0.39 is 17.4 Å². The summed E-state index contributed by atoms with van der Waals surface area (Å²) in [6.07, 6.45) is 1.54. The van der Waals surface area contributed by atoms with Gasteiger partial charge in [0.05, 0.1) is 22.4 Å². The molecule has 1 unspecified atom stereocenters. The number of fused-ring (bicyclic) bond motifs is 6. The Morgan fingerprint density at radius 3 is 2.67 bits per heavy atom. The van der Waals surface area contributed by atoms with E-state index in [1.165, 1.54) is 18.5 Å². The van der Waals surface area contributed by atoms with Crippen LogP contribution in [0.1, 0.15) is 49.2 Å². The number of nitrogens with zero attached hydrogens (tertiary/aromatic N) is 4. The zero-order valence-electron chi connectivity index (χ0n) is 18.2. The average molecular weight is 442 g/mol. The van der Waals surface area contributed by atoms with Crippen molar-refractivity contribution >= 4 is 16.6 Å². The molecule has 0 bridgehead atoms. The van der Waals surface area contributed by atoms with Gasteiger partial charge in [-0.15, -0.1) is 5.10 Å². The lowest BCUT2D eigenvalue weighted by Crippen LogP contribution is -2.22. The summed E-state index contributed by atoms with van der Waals surface area (Å²) in [6.45, 7) is 6.04. The van der Waals surface area contributed by atoms with Crippen molar-refractivity contribution in [1.82, 2.24) is 19.6 Å². The zero-order valence-corrected chi connectivity index (χ0v) is 18.2. The Bertz CT molecular complexity index is 1630. The summed E-state index contributed by atoms with van der Waals surface area (Å²) in [5.74, 6) is 0.161. The molecule has 1 aliphatic heterocycles. The van der Waals surface area contributed by atoms with Crippen LogP contribution in [0.5, 0.6) is 11.6 Å². The van der Waals surface area contributed by atoms with Crippen molar-refractivity contribution in [2.45, 2.75) is 32.1 Å². The number of hydrogen-bond donors (Lipinski definition) is 0. The first-order valence-corrected chi connectivity index (χ1v) is 10.6. The summed E-state index contributed by atoms with van der Waals surface area (Å²) in [4.78, 5) is 22.5. The van der Waals surface area contributed by atoms with Crippen molar-refractivity contribution in [2.75, 3.05) is 0 Å². The molecule has 0 aliphatic carbocycles. The van der Waals surface area contributed by atoms with Gasteiger partial charge in [-0.05, 0) is 29.8 Å². The van der Waals surface area contributed by atoms with E-state index in [0.29, 0.717) is 45.2 Å². The highest BCUT2D eigenvalue weighted by Crippen LogP contribution is 2.48. The molecule has 2 aromatic carbocycles. The van der Waals surface area contributed by atoms with Crippen LogP contribution in [0.25, 0.3) is 16.6 Å². The predicted molar refractivity (Wildman–Crippen MR) is 119 cm³/mol. The van der Waals surface area contributed by atoms with Crippen molar-refractivity contribution in [3.8, 4) is 11.6 Å². The number of aromatic nitrogens is 4. The topological polar surface area (TPSA) is 82.5 Å². The number of rotatable bonds is 1. The van der Waals surface area contributed by atoms with Crippen LogP contribution in [0.15, 0.2) is 64.1 Å². The molecule has 3 aromatic heterocycles. The number of benzene rings is 2. The zero-order chi connectivity index (χ0) is 22.9. The van der Waals surface area contributed by atoms with Crippen LogP contribution in [0.2, 0.25) is 0 Å². The van der Waals surface area contributed by atoms with Crippen LogP contribution in [0, 0.1) is 5.82 Å². The molecular weight excluding hydrogens is 423 g/mol. The van der Waals surface area contributed by atoms with Crippen molar-refractivity contribution in [1.29, 1.82) is 0 Å². The fraction of sp³-hybridized carbons (Fsp3) is 0.200. The summed E-state index contributed by atoms with van der Waals surface area (Å²) < 4.78 is 27.7. The first-order valence-electron chi connectivity index (χ1n) is 10.6. The van der Waals surface area contributed by atoms with E-state index in [-0.39, 0.29) is 11.0 Å². The van der Waals surface area contributed by atoms with E-state index in [0.717, 1.165) is 0 Å². The van der Waals surface area contributed by atoms with E-state index in [2.05, 4.69) is 10.1 Å². The van der Waals surface area contributed by atoms with Crippen LogP contribution >= 0.6 is 0 Å². The third-order valence-corrected chi connectivity index (χ3v) is 5.81. The number of hydrogen-bond acceptors (Lipinski definition) is 6. The average Bonchev–Trinajstić information content (AvgIpc) is 3.23. The fourth-order valence-corrected chi connectivity index (χ4v) is 4.27. The summed E-state index contributed by atoms with van der Waals surface area (Å²) >= 11 is 0. The van der Waals surface area contributed by atoms with Gasteiger partial charge in [-0.2, -0.15) is 0 Å². The number of para-hydroxylation sites is 1. The molecule has 1 atom stereocenters. The quantitative estimate of drug-likeness (QED) is 0.335. The second-order valence-corrected chi connectivity index (χ2v) is 9.14. The Kier molecular flexibility index (Phi) is 3.99. The van der Waals surface area contributed by atoms with E-state index in [9.17, 15) is 9.18 Å². The maximum atomic E-state index is 14.3. The maximum Gasteiger partial charge on any atom is 0.344 e.